The van der Waals surface area contributed by atoms with E-state index in [0.717, 1.165) is 13.0 Å². The second kappa shape index (κ2) is 11.2. The van der Waals surface area contributed by atoms with Gasteiger partial charge in [-0.15, -0.1) is 0 Å². The highest BCUT2D eigenvalue weighted by Gasteiger charge is 2.46. The fourth-order valence-electron chi connectivity index (χ4n) is 6.76. The van der Waals surface area contributed by atoms with Crippen molar-refractivity contribution in [1.82, 2.24) is 4.90 Å². The summed E-state index contributed by atoms with van der Waals surface area (Å²) in [6.07, 6.45) is -0.287. The first kappa shape index (κ1) is 29.4. The number of carbonyl (C=O) groups excluding carboxylic acids is 1. The molecule has 0 unspecified atom stereocenters. The molecule has 32 heavy (non-hydrogen) atoms. The van der Waals surface area contributed by atoms with Crippen LogP contribution in [0.25, 0.3) is 0 Å². The Bertz CT molecular complexity index is 602. The van der Waals surface area contributed by atoms with Crippen LogP contribution in [0.15, 0.2) is 0 Å². The fraction of sp³-hybridized carbons (Fsp3) is 0.963. The molecule has 0 aliphatic carbocycles. The number of ether oxygens (including phenoxy) is 1. The number of esters is 1. The zero-order chi connectivity index (χ0) is 25.2. The van der Waals surface area contributed by atoms with Gasteiger partial charge in [0.15, 0.2) is 0 Å². The lowest BCUT2D eigenvalue weighted by Crippen LogP contribution is -2.59. The second-order valence-corrected chi connectivity index (χ2v) is 12.3. The Balaban J connectivity index is 3.47. The van der Waals surface area contributed by atoms with Gasteiger partial charge in [-0.3, -0.25) is 4.79 Å². The molecule has 9 atom stereocenters. The van der Waals surface area contributed by atoms with Crippen LogP contribution in [-0.2, 0) is 9.53 Å². The average molecular weight is 456 g/mol. The van der Waals surface area contributed by atoms with E-state index in [0.29, 0.717) is 30.1 Å². The molecule has 1 saturated heterocycles. The van der Waals surface area contributed by atoms with E-state index in [1.54, 1.807) is 6.92 Å². The van der Waals surface area contributed by atoms with Crippen LogP contribution in [0.1, 0.15) is 89.0 Å². The van der Waals surface area contributed by atoms with E-state index < -0.39 is 17.8 Å². The summed E-state index contributed by atoms with van der Waals surface area (Å²) < 4.78 is 5.88. The quantitative estimate of drug-likeness (QED) is 0.574. The normalized spacial score (nSPS) is 43.4. The van der Waals surface area contributed by atoms with Crippen LogP contribution in [0.3, 0.4) is 0 Å². The van der Waals surface area contributed by atoms with Crippen molar-refractivity contribution in [1.29, 1.82) is 0 Å². The van der Waals surface area contributed by atoms with Gasteiger partial charge in [0.05, 0.1) is 5.92 Å². The van der Waals surface area contributed by atoms with Gasteiger partial charge >= 0.3 is 5.97 Å². The van der Waals surface area contributed by atoms with Crippen molar-refractivity contribution in [3.05, 3.63) is 0 Å². The van der Waals surface area contributed by atoms with Gasteiger partial charge in [-0.2, -0.15) is 0 Å². The zero-order valence-corrected chi connectivity index (χ0v) is 23.0. The fourth-order valence-corrected chi connectivity index (χ4v) is 6.76. The van der Waals surface area contributed by atoms with Gasteiger partial charge in [0.2, 0.25) is 0 Å². The third-order valence-electron chi connectivity index (χ3n) is 8.68. The van der Waals surface area contributed by atoms with Crippen LogP contribution in [0.5, 0.6) is 0 Å². The Kier molecular flexibility index (Phi) is 10.3. The van der Waals surface area contributed by atoms with Crippen molar-refractivity contribution in [2.45, 2.75) is 113 Å². The third kappa shape index (κ3) is 6.48. The Hall–Kier alpha value is -0.650. The predicted molar refractivity (Wildman–Crippen MR) is 132 cm³/mol. The molecular weight excluding hydrogens is 402 g/mol. The summed E-state index contributed by atoms with van der Waals surface area (Å²) >= 11 is 0. The van der Waals surface area contributed by atoms with Crippen molar-refractivity contribution < 1.29 is 19.7 Å². The van der Waals surface area contributed by atoms with Crippen LogP contribution in [0, 0.1) is 40.9 Å². The standard InChI is InChI=1S/C27H53NO4/c1-13-22-27(11,31)24(29)21(8)28(12)15-17(4)14-26(9,10)23(16(2)3)19(6)18(5)20(7)25(30)32-22/h16-24,29,31H,13-15H2,1-12H3/t17-,18+,19+,20-,21-,22-,23-,24-,27-/m1/s1. The number of carbonyl (C=O) groups is 1. The SMILES string of the molecule is CC[C@H]1OC(=O)[C@H](C)[C@@H](C)[C@H](C)[C@@H](C(C)C)C(C)(C)C[C@@H](C)CN(C)[C@H](C)[C@@H](O)[C@]1(C)O. The molecule has 1 rings (SSSR count). The van der Waals surface area contributed by atoms with Crippen molar-refractivity contribution in [3.63, 3.8) is 0 Å². The molecule has 1 fully saturated rings. The average Bonchev–Trinajstić information content (AvgIpc) is 2.67. The van der Waals surface area contributed by atoms with Crippen LogP contribution in [-0.4, -0.2) is 58.5 Å². The molecule has 0 bridgehead atoms. The van der Waals surface area contributed by atoms with Crippen LogP contribution >= 0.6 is 0 Å². The van der Waals surface area contributed by atoms with Gasteiger partial charge < -0.3 is 19.8 Å². The summed E-state index contributed by atoms with van der Waals surface area (Å²) in [6.45, 7) is 24.3. The maximum Gasteiger partial charge on any atom is 0.309 e. The Morgan fingerprint density at radius 1 is 1.09 bits per heavy atom. The molecule has 0 aromatic carbocycles. The topological polar surface area (TPSA) is 70.0 Å². The molecule has 0 radical (unpaired) electrons. The molecule has 0 aromatic heterocycles. The van der Waals surface area contributed by atoms with E-state index in [1.165, 1.54) is 0 Å². The Morgan fingerprint density at radius 3 is 2.09 bits per heavy atom. The molecule has 0 spiro atoms. The second-order valence-electron chi connectivity index (χ2n) is 12.3. The first-order chi connectivity index (χ1) is 14.5. The summed E-state index contributed by atoms with van der Waals surface area (Å²) in [5.74, 6) is 1.30. The minimum Gasteiger partial charge on any atom is -0.459 e. The maximum atomic E-state index is 13.2. The lowest BCUT2D eigenvalue weighted by Gasteiger charge is -2.45. The molecule has 2 N–H and O–H groups in total. The molecule has 190 valence electrons. The molecule has 5 nitrogen and oxygen atoms in total. The summed E-state index contributed by atoms with van der Waals surface area (Å²) in [4.78, 5) is 15.3. The van der Waals surface area contributed by atoms with Crippen LogP contribution in [0.2, 0.25) is 0 Å². The molecule has 1 heterocycles. The van der Waals surface area contributed by atoms with E-state index in [2.05, 4.69) is 53.4 Å². The van der Waals surface area contributed by atoms with E-state index in [1.807, 2.05) is 27.8 Å². The van der Waals surface area contributed by atoms with Crippen LogP contribution in [0.4, 0.5) is 0 Å². The Morgan fingerprint density at radius 2 is 1.62 bits per heavy atom. The van der Waals surface area contributed by atoms with E-state index in [-0.39, 0.29) is 29.3 Å². The van der Waals surface area contributed by atoms with E-state index >= 15 is 0 Å². The molecule has 0 aromatic rings. The number of hydrogen-bond donors (Lipinski definition) is 2. The lowest BCUT2D eigenvalue weighted by molar-refractivity contribution is -0.191. The van der Waals surface area contributed by atoms with Gasteiger partial charge in [0.25, 0.3) is 0 Å². The lowest BCUT2D eigenvalue weighted by atomic mass is 9.60. The summed E-state index contributed by atoms with van der Waals surface area (Å²) in [6, 6.07) is -0.274. The number of likely N-dealkylation sites (N-methyl/N-ethyl adjacent to an activating group) is 1. The van der Waals surface area contributed by atoms with E-state index in [4.69, 9.17) is 4.74 Å². The summed E-state index contributed by atoms with van der Waals surface area (Å²) in [5, 5.41) is 22.4. The first-order valence-corrected chi connectivity index (χ1v) is 12.8. The van der Waals surface area contributed by atoms with Gasteiger partial charge in [0, 0.05) is 12.6 Å². The highest BCUT2D eigenvalue weighted by atomic mass is 16.6. The Labute approximate surface area is 198 Å². The minimum absolute atomic E-state index is 0.102. The number of hydrogen-bond acceptors (Lipinski definition) is 5. The molecule has 0 amide bonds. The van der Waals surface area contributed by atoms with E-state index in [9.17, 15) is 15.0 Å². The first-order valence-electron chi connectivity index (χ1n) is 12.8. The van der Waals surface area contributed by atoms with Gasteiger partial charge in [0.1, 0.15) is 17.8 Å². The van der Waals surface area contributed by atoms with Gasteiger partial charge in [-0.1, -0.05) is 62.3 Å². The number of cyclic esters (lactones) is 1. The minimum atomic E-state index is -1.53. The van der Waals surface area contributed by atoms with Crippen molar-refractivity contribution in [3.8, 4) is 0 Å². The van der Waals surface area contributed by atoms with Crippen LogP contribution < -0.4 is 0 Å². The predicted octanol–water partition coefficient (Wildman–Crippen LogP) is 4.99. The summed E-state index contributed by atoms with van der Waals surface area (Å²) in [7, 11) is 2.01. The van der Waals surface area contributed by atoms with Gasteiger partial charge in [-0.05, 0) is 68.7 Å². The molecule has 1 aliphatic heterocycles. The smallest absolute Gasteiger partial charge is 0.309 e. The highest BCUT2D eigenvalue weighted by molar-refractivity contribution is 5.72. The zero-order valence-electron chi connectivity index (χ0n) is 23.0. The molecule has 0 saturated carbocycles. The number of aliphatic hydroxyl groups is 2. The highest BCUT2D eigenvalue weighted by Crippen LogP contribution is 2.46. The molecular formula is C27H53NO4. The van der Waals surface area contributed by atoms with Crippen molar-refractivity contribution >= 4 is 5.97 Å². The summed E-state index contributed by atoms with van der Waals surface area (Å²) in [5.41, 5.74) is -1.43. The number of nitrogens with zero attached hydrogens (tertiary/aromatic N) is 1. The van der Waals surface area contributed by atoms with Gasteiger partial charge in [-0.25, -0.2) is 0 Å². The number of rotatable bonds is 2. The monoisotopic (exact) mass is 455 g/mol. The number of aliphatic hydroxyl groups excluding tert-OH is 1. The van der Waals surface area contributed by atoms with Crippen molar-refractivity contribution in [2.75, 3.05) is 13.6 Å². The largest absolute Gasteiger partial charge is 0.459 e. The maximum absolute atomic E-state index is 13.2. The molecule has 1 aliphatic rings. The third-order valence-corrected chi connectivity index (χ3v) is 8.68. The van der Waals surface area contributed by atoms with Crippen molar-refractivity contribution in [2.24, 2.45) is 40.9 Å². The molecule has 5 heteroatoms.